The fraction of sp³-hybridized carbons (Fsp3) is 0.400. The second kappa shape index (κ2) is 15.4. The van der Waals surface area contributed by atoms with Crippen molar-refractivity contribution in [3.05, 3.63) is 42.4 Å². The number of rotatable bonds is 5. The molecule has 0 amide bonds. The van der Waals surface area contributed by atoms with E-state index in [9.17, 15) is 0 Å². The Labute approximate surface area is 201 Å². The number of nitrogens with one attached hydrogen (secondary N) is 1. The number of aliphatic hydroxyl groups excluding tert-OH is 1. The van der Waals surface area contributed by atoms with Crippen molar-refractivity contribution >= 4 is 40.6 Å². The van der Waals surface area contributed by atoms with Gasteiger partial charge in [-0.3, -0.25) is 4.99 Å². The summed E-state index contributed by atoms with van der Waals surface area (Å²) in [5.74, 6) is 1.26. The third-order valence-electron chi connectivity index (χ3n) is 4.46. The van der Waals surface area contributed by atoms with Gasteiger partial charge in [0.25, 0.3) is 0 Å². The lowest BCUT2D eigenvalue weighted by molar-refractivity contribution is -0.0980. The van der Waals surface area contributed by atoms with Gasteiger partial charge in [-0.1, -0.05) is 13.8 Å². The van der Waals surface area contributed by atoms with E-state index < -0.39 is 0 Å². The molecule has 3 aromatic rings. The van der Waals surface area contributed by atoms with Crippen LogP contribution in [0.2, 0.25) is 0 Å². The highest BCUT2D eigenvalue weighted by atomic mass is 16.5. The van der Waals surface area contributed by atoms with Crippen LogP contribution >= 0.6 is 0 Å². The molecule has 1 fully saturated rings. The Morgan fingerprint density at radius 2 is 1.94 bits per heavy atom. The van der Waals surface area contributed by atoms with E-state index >= 15 is 0 Å². The monoisotopic (exact) mass is 469 g/mol. The van der Waals surface area contributed by atoms with Crippen LogP contribution in [0, 0.1) is 6.92 Å². The van der Waals surface area contributed by atoms with Gasteiger partial charge in [0, 0.05) is 30.8 Å². The molecular weight excluding hydrogens is 434 g/mol. The predicted molar refractivity (Wildman–Crippen MR) is 137 cm³/mol. The second-order valence-electron chi connectivity index (χ2n) is 7.02. The van der Waals surface area contributed by atoms with Crippen molar-refractivity contribution in [1.82, 2.24) is 15.0 Å². The van der Waals surface area contributed by atoms with E-state index in [0.29, 0.717) is 18.3 Å². The maximum atomic E-state index is 8.00. The van der Waals surface area contributed by atoms with E-state index in [-0.39, 0.29) is 6.10 Å². The minimum absolute atomic E-state index is 0.0250. The number of aryl methyl sites for hydroxylation is 1. The van der Waals surface area contributed by atoms with Crippen molar-refractivity contribution in [3.63, 3.8) is 0 Å². The smallest absolute Gasteiger partial charge is 0.238 e. The molecule has 9 heteroatoms. The van der Waals surface area contributed by atoms with Crippen LogP contribution in [-0.4, -0.2) is 59.0 Å². The minimum atomic E-state index is 0.0250. The summed E-state index contributed by atoms with van der Waals surface area (Å²) in [4.78, 5) is 25.8. The first-order valence-electron chi connectivity index (χ1n) is 11.1. The molecule has 2 aromatic heterocycles. The fourth-order valence-electron chi connectivity index (χ4n) is 3.26. The van der Waals surface area contributed by atoms with Crippen LogP contribution in [0.3, 0.4) is 0 Å². The molecule has 1 atom stereocenters. The molecule has 2 N–H and O–H groups in total. The molecule has 4 rings (SSSR count). The van der Waals surface area contributed by atoms with Crippen LogP contribution in [0.5, 0.6) is 5.88 Å². The number of hydrogen-bond donors (Lipinski definition) is 2. The summed E-state index contributed by atoms with van der Waals surface area (Å²) in [5.41, 5.74) is 4.55. The third kappa shape index (κ3) is 7.86. The lowest BCUT2D eigenvalue weighted by Gasteiger charge is -2.16. The summed E-state index contributed by atoms with van der Waals surface area (Å²) in [6.07, 6.45) is 4.16. The first-order chi connectivity index (χ1) is 16.6. The zero-order valence-electron chi connectivity index (χ0n) is 20.8. The number of pyridine rings is 1. The number of fused-ring (bicyclic) bond motifs is 1. The van der Waals surface area contributed by atoms with Gasteiger partial charge in [0.15, 0.2) is 0 Å². The van der Waals surface area contributed by atoms with Crippen LogP contribution in [0.1, 0.15) is 39.7 Å². The first-order valence-corrected chi connectivity index (χ1v) is 11.1. The Bertz CT molecular complexity index is 1050. The van der Waals surface area contributed by atoms with Crippen LogP contribution in [0.25, 0.3) is 10.9 Å². The molecule has 0 unspecified atom stereocenters. The number of aromatic nitrogens is 3. The van der Waals surface area contributed by atoms with Gasteiger partial charge >= 0.3 is 0 Å². The maximum Gasteiger partial charge on any atom is 0.238 e. The molecule has 1 aliphatic rings. The molecule has 0 aliphatic carbocycles. The number of benzene rings is 1. The van der Waals surface area contributed by atoms with Crippen LogP contribution in [-0.2, 0) is 9.53 Å². The molecule has 0 spiro atoms. The highest BCUT2D eigenvalue weighted by molar-refractivity contribution is 5.96. The molecule has 1 aliphatic heterocycles. The van der Waals surface area contributed by atoms with Crippen molar-refractivity contribution in [2.75, 3.05) is 25.6 Å². The predicted octanol–water partition coefficient (Wildman–Crippen LogP) is 4.81. The molecule has 0 radical (unpaired) electrons. The number of hydrogen-bond acceptors (Lipinski definition) is 9. The Morgan fingerprint density at radius 1 is 1.21 bits per heavy atom. The number of anilines is 2. The van der Waals surface area contributed by atoms with Crippen LogP contribution in [0.15, 0.2) is 41.8 Å². The topological polar surface area (TPSA) is 119 Å². The number of carbonyl (C=O) groups is 1. The highest BCUT2D eigenvalue weighted by Gasteiger charge is 2.20. The number of carbonyl (C=O) groups excluding carboxylic acids is 1. The average molecular weight is 470 g/mol. The van der Waals surface area contributed by atoms with E-state index in [1.54, 1.807) is 12.5 Å². The number of ether oxygens (including phenoxy) is 2. The first kappa shape index (κ1) is 28.6. The van der Waals surface area contributed by atoms with Crippen molar-refractivity contribution in [2.45, 2.75) is 47.1 Å². The van der Waals surface area contributed by atoms with Gasteiger partial charge in [-0.2, -0.15) is 0 Å². The van der Waals surface area contributed by atoms with E-state index in [4.69, 9.17) is 19.4 Å². The van der Waals surface area contributed by atoms with Crippen molar-refractivity contribution in [3.8, 4) is 5.88 Å². The van der Waals surface area contributed by atoms with Gasteiger partial charge in [0.1, 0.15) is 30.7 Å². The summed E-state index contributed by atoms with van der Waals surface area (Å²) in [6.45, 7) is 13.3. The largest absolute Gasteiger partial charge is 0.470 e. The normalized spacial score (nSPS) is 13.8. The molecule has 9 nitrogen and oxygen atoms in total. The van der Waals surface area contributed by atoms with E-state index in [0.717, 1.165) is 53.7 Å². The summed E-state index contributed by atoms with van der Waals surface area (Å²) in [6, 6.07) is 7.81. The molecule has 1 saturated heterocycles. The SMILES string of the molecule is C=O.CC.CC(C)=Nc1cc(C)c2c(Nc3cccnc3O[C@H]3CCOC3)ncnc2c1.CO. The third-order valence-corrected chi connectivity index (χ3v) is 4.46. The van der Waals surface area contributed by atoms with E-state index in [2.05, 4.69) is 25.3 Å². The Kier molecular flexibility index (Phi) is 13.0. The second-order valence-corrected chi connectivity index (χ2v) is 7.02. The summed E-state index contributed by atoms with van der Waals surface area (Å²) in [7, 11) is 1.00. The fourth-order valence-corrected chi connectivity index (χ4v) is 3.26. The van der Waals surface area contributed by atoms with Gasteiger partial charge in [0.05, 0.1) is 24.4 Å². The molecular formula is C25H35N5O4. The minimum Gasteiger partial charge on any atom is -0.470 e. The Morgan fingerprint density at radius 3 is 2.59 bits per heavy atom. The maximum absolute atomic E-state index is 8.00. The van der Waals surface area contributed by atoms with E-state index in [1.807, 2.05) is 65.7 Å². The summed E-state index contributed by atoms with van der Waals surface area (Å²) >= 11 is 0. The number of aliphatic imine (C=N–C) groups is 1. The molecule has 0 saturated carbocycles. The Hall–Kier alpha value is -3.43. The lowest BCUT2D eigenvalue weighted by Crippen LogP contribution is -2.17. The molecule has 184 valence electrons. The molecule has 3 heterocycles. The van der Waals surface area contributed by atoms with Gasteiger partial charge in [-0.15, -0.1) is 0 Å². The van der Waals surface area contributed by atoms with Crippen LogP contribution in [0.4, 0.5) is 17.2 Å². The van der Waals surface area contributed by atoms with Gasteiger partial charge in [-0.25, -0.2) is 15.0 Å². The highest BCUT2D eigenvalue weighted by Crippen LogP contribution is 2.32. The summed E-state index contributed by atoms with van der Waals surface area (Å²) < 4.78 is 11.4. The zero-order valence-corrected chi connectivity index (χ0v) is 20.8. The summed E-state index contributed by atoms with van der Waals surface area (Å²) in [5, 5.41) is 11.3. The Balaban J connectivity index is 0.000000894. The number of nitrogens with zero attached hydrogens (tertiary/aromatic N) is 4. The number of aliphatic hydroxyl groups is 1. The standard InChI is InChI=1S/C21H23N5O2.C2H6.CH4O.CH2O/c1-13(2)25-15-9-14(3)19-18(10-15)23-12-24-20(19)26-17-5-4-7-22-21(17)28-16-6-8-27-11-16;3*1-2/h4-5,7,9-10,12,16H,6,8,11H2,1-3H3,(H,23,24,26);1-2H3;2H,1H3;1H2/t16-;;;/m0.../s1. The molecule has 34 heavy (non-hydrogen) atoms. The van der Waals surface area contributed by atoms with Crippen molar-refractivity contribution in [2.24, 2.45) is 4.99 Å². The van der Waals surface area contributed by atoms with E-state index in [1.165, 1.54) is 0 Å². The van der Waals surface area contributed by atoms with Gasteiger partial charge < -0.3 is 24.7 Å². The average Bonchev–Trinajstić information content (AvgIpc) is 3.37. The van der Waals surface area contributed by atoms with Gasteiger partial charge in [0.2, 0.25) is 5.88 Å². The molecule has 0 bridgehead atoms. The zero-order chi connectivity index (χ0) is 25.5. The van der Waals surface area contributed by atoms with Crippen molar-refractivity contribution < 1.29 is 19.4 Å². The van der Waals surface area contributed by atoms with Gasteiger partial charge in [-0.05, 0) is 50.6 Å². The lowest BCUT2D eigenvalue weighted by atomic mass is 10.1. The van der Waals surface area contributed by atoms with Crippen LogP contribution < -0.4 is 10.1 Å². The molecule has 1 aromatic carbocycles. The quantitative estimate of drug-likeness (QED) is 0.511. The van der Waals surface area contributed by atoms with Crippen molar-refractivity contribution in [1.29, 1.82) is 0 Å².